The molecule has 2 atom stereocenters. The van der Waals surface area contributed by atoms with E-state index in [0.29, 0.717) is 12.8 Å². The van der Waals surface area contributed by atoms with Crippen LogP contribution < -0.4 is 10.6 Å². The minimum absolute atomic E-state index is 0.0465. The standard InChI is InChI=1S/C43H76N2O7/c1-3-5-7-9-11-12-13-14-15-16-17-18-19-20-21-22-23-25-31-35-42(49)52-38(32-28-24-10-8-6-4-2)33-29-26-27-30-34-40(47)44-36-41(48)45-39(37-46)43(50)51/h11-12,14-15,17-18,38-39,46H,3-10,13,16,19-37H2,1-2H3,(H,44,47)(H,45,48)(H,50,51)/b12-11-,15-14-,18-17-. The summed E-state index contributed by atoms with van der Waals surface area (Å²) in [5, 5.41) is 22.5. The predicted molar refractivity (Wildman–Crippen MR) is 213 cm³/mol. The van der Waals surface area contributed by atoms with Gasteiger partial charge in [0, 0.05) is 12.8 Å². The monoisotopic (exact) mass is 733 g/mol. The number of carboxylic acids is 1. The fourth-order valence-corrected chi connectivity index (χ4v) is 5.90. The predicted octanol–water partition coefficient (Wildman–Crippen LogP) is 9.82. The molecule has 0 fully saturated rings. The number of carboxylic acid groups (broad SMARTS) is 1. The summed E-state index contributed by atoms with van der Waals surface area (Å²) < 4.78 is 5.96. The van der Waals surface area contributed by atoms with Crippen LogP contribution in [0.4, 0.5) is 0 Å². The number of ether oxygens (including phenoxy) is 1. The first kappa shape index (κ1) is 49.1. The first-order valence-electron chi connectivity index (χ1n) is 20.9. The van der Waals surface area contributed by atoms with E-state index in [4.69, 9.17) is 14.9 Å². The smallest absolute Gasteiger partial charge is 0.328 e. The van der Waals surface area contributed by atoms with E-state index in [0.717, 1.165) is 77.0 Å². The van der Waals surface area contributed by atoms with Crippen LogP contribution in [-0.4, -0.2) is 59.3 Å². The summed E-state index contributed by atoms with van der Waals surface area (Å²) in [5.74, 6) is -2.35. The average Bonchev–Trinajstić information content (AvgIpc) is 3.13. The van der Waals surface area contributed by atoms with Gasteiger partial charge in [0.25, 0.3) is 0 Å². The van der Waals surface area contributed by atoms with Gasteiger partial charge in [-0.3, -0.25) is 14.4 Å². The molecule has 0 saturated heterocycles. The Balaban J connectivity index is 4.13. The molecule has 300 valence electrons. The van der Waals surface area contributed by atoms with Crippen molar-refractivity contribution in [3.8, 4) is 0 Å². The first-order valence-corrected chi connectivity index (χ1v) is 20.9. The number of nitrogens with one attached hydrogen (secondary N) is 2. The molecule has 0 rings (SSSR count). The van der Waals surface area contributed by atoms with Gasteiger partial charge in [-0.15, -0.1) is 0 Å². The van der Waals surface area contributed by atoms with Crippen molar-refractivity contribution >= 4 is 23.8 Å². The fourth-order valence-electron chi connectivity index (χ4n) is 5.90. The number of aliphatic hydroxyl groups excluding tert-OH is 1. The molecule has 0 heterocycles. The Bertz CT molecular complexity index is 979. The molecule has 0 aliphatic carbocycles. The van der Waals surface area contributed by atoms with E-state index in [-0.39, 0.29) is 30.9 Å². The average molecular weight is 733 g/mol. The minimum atomic E-state index is -1.39. The highest BCUT2D eigenvalue weighted by Crippen LogP contribution is 2.18. The van der Waals surface area contributed by atoms with Crippen LogP contribution in [0.5, 0.6) is 0 Å². The highest BCUT2D eigenvalue weighted by Gasteiger charge is 2.19. The zero-order valence-electron chi connectivity index (χ0n) is 33.1. The van der Waals surface area contributed by atoms with Gasteiger partial charge in [0.2, 0.25) is 11.8 Å². The Morgan fingerprint density at radius 3 is 1.60 bits per heavy atom. The Labute approximate surface area is 316 Å². The van der Waals surface area contributed by atoms with Crippen LogP contribution in [-0.2, 0) is 23.9 Å². The summed E-state index contributed by atoms with van der Waals surface area (Å²) in [6.45, 7) is 3.41. The Kier molecular flexibility index (Phi) is 35.7. The number of carbonyl (C=O) groups is 4. The number of carbonyl (C=O) groups excluding carboxylic acids is 3. The number of hydrogen-bond acceptors (Lipinski definition) is 6. The zero-order valence-corrected chi connectivity index (χ0v) is 33.1. The van der Waals surface area contributed by atoms with Gasteiger partial charge in [-0.2, -0.15) is 0 Å². The van der Waals surface area contributed by atoms with Crippen molar-refractivity contribution in [3.63, 3.8) is 0 Å². The molecule has 2 amide bonds. The molecule has 0 aliphatic heterocycles. The van der Waals surface area contributed by atoms with Gasteiger partial charge >= 0.3 is 11.9 Å². The molecule has 0 aromatic heterocycles. The number of allylic oxidation sites excluding steroid dienone is 6. The quantitative estimate of drug-likeness (QED) is 0.0283. The van der Waals surface area contributed by atoms with Gasteiger partial charge < -0.3 is 25.6 Å². The number of rotatable bonds is 37. The number of aliphatic hydroxyl groups is 1. The van der Waals surface area contributed by atoms with Crippen molar-refractivity contribution in [1.29, 1.82) is 0 Å². The molecular weight excluding hydrogens is 656 g/mol. The van der Waals surface area contributed by atoms with Crippen molar-refractivity contribution < 1.29 is 34.1 Å². The molecule has 0 saturated carbocycles. The molecule has 0 radical (unpaired) electrons. The molecule has 0 bridgehead atoms. The lowest BCUT2D eigenvalue weighted by molar-refractivity contribution is -0.150. The number of hydrogen-bond donors (Lipinski definition) is 4. The molecule has 52 heavy (non-hydrogen) atoms. The third-order valence-electron chi connectivity index (χ3n) is 9.14. The lowest BCUT2D eigenvalue weighted by atomic mass is 10.0. The van der Waals surface area contributed by atoms with Gasteiger partial charge in [-0.1, -0.05) is 134 Å². The van der Waals surface area contributed by atoms with Gasteiger partial charge in [0.1, 0.15) is 12.1 Å². The summed E-state index contributed by atoms with van der Waals surface area (Å²) in [7, 11) is 0. The van der Waals surface area contributed by atoms with Crippen LogP contribution >= 0.6 is 0 Å². The van der Waals surface area contributed by atoms with Crippen molar-refractivity contribution in [2.75, 3.05) is 13.2 Å². The van der Waals surface area contributed by atoms with E-state index in [9.17, 15) is 19.2 Å². The van der Waals surface area contributed by atoms with Gasteiger partial charge in [0.15, 0.2) is 0 Å². The summed E-state index contributed by atoms with van der Waals surface area (Å²) in [4.78, 5) is 47.4. The van der Waals surface area contributed by atoms with E-state index >= 15 is 0 Å². The topological polar surface area (TPSA) is 142 Å². The summed E-state index contributed by atoms with van der Waals surface area (Å²) in [6.07, 6.45) is 41.8. The maximum atomic E-state index is 12.7. The second-order valence-electron chi connectivity index (χ2n) is 14.1. The van der Waals surface area contributed by atoms with Gasteiger partial charge in [-0.25, -0.2) is 4.79 Å². The van der Waals surface area contributed by atoms with Crippen molar-refractivity contribution in [2.24, 2.45) is 0 Å². The maximum Gasteiger partial charge on any atom is 0.328 e. The zero-order chi connectivity index (χ0) is 38.3. The highest BCUT2D eigenvalue weighted by molar-refractivity contribution is 5.87. The lowest BCUT2D eigenvalue weighted by Gasteiger charge is -2.18. The molecular formula is C43H76N2O7. The number of aliphatic carboxylic acids is 1. The van der Waals surface area contributed by atoms with Crippen molar-refractivity contribution in [3.05, 3.63) is 36.5 Å². The molecule has 0 spiro atoms. The second kappa shape index (κ2) is 37.8. The number of esters is 1. The van der Waals surface area contributed by atoms with Gasteiger partial charge in [-0.05, 0) is 77.0 Å². The summed E-state index contributed by atoms with van der Waals surface area (Å²) in [5.41, 5.74) is 0. The van der Waals surface area contributed by atoms with Crippen LogP contribution in [0.2, 0.25) is 0 Å². The first-order chi connectivity index (χ1) is 25.3. The normalized spacial score (nSPS) is 12.8. The lowest BCUT2D eigenvalue weighted by Crippen LogP contribution is -2.47. The van der Waals surface area contributed by atoms with E-state index < -0.39 is 24.5 Å². The molecule has 4 N–H and O–H groups in total. The third kappa shape index (κ3) is 34.2. The fraction of sp³-hybridized carbons (Fsp3) is 0.767. The second-order valence-corrected chi connectivity index (χ2v) is 14.1. The molecule has 9 heteroatoms. The van der Waals surface area contributed by atoms with Crippen molar-refractivity contribution in [2.45, 2.75) is 199 Å². The molecule has 0 aliphatic rings. The summed E-state index contributed by atoms with van der Waals surface area (Å²) >= 11 is 0. The number of unbranched alkanes of at least 4 members (excludes halogenated alkanes) is 17. The Morgan fingerprint density at radius 2 is 1.04 bits per heavy atom. The van der Waals surface area contributed by atoms with Crippen LogP contribution in [0.15, 0.2) is 36.5 Å². The van der Waals surface area contributed by atoms with Crippen molar-refractivity contribution in [1.82, 2.24) is 10.6 Å². The largest absolute Gasteiger partial charge is 0.480 e. The third-order valence-corrected chi connectivity index (χ3v) is 9.14. The number of amides is 2. The molecule has 0 aromatic rings. The Hall–Kier alpha value is -2.94. The minimum Gasteiger partial charge on any atom is -0.480 e. The molecule has 2 unspecified atom stereocenters. The van der Waals surface area contributed by atoms with Crippen LogP contribution in [0, 0.1) is 0 Å². The van der Waals surface area contributed by atoms with E-state index in [1.54, 1.807) is 0 Å². The Morgan fingerprint density at radius 1 is 0.577 bits per heavy atom. The maximum absolute atomic E-state index is 12.7. The highest BCUT2D eigenvalue weighted by atomic mass is 16.5. The molecule has 0 aromatic carbocycles. The van der Waals surface area contributed by atoms with Crippen LogP contribution in [0.3, 0.4) is 0 Å². The summed E-state index contributed by atoms with van der Waals surface area (Å²) in [6, 6.07) is -1.39. The van der Waals surface area contributed by atoms with Crippen LogP contribution in [0.25, 0.3) is 0 Å². The SMILES string of the molecule is CCCCC/C=C\C/C=C\C/C=C\CCCCCCCCC(=O)OC(CCCCCCCC)CCCCCCC(=O)NCC(=O)NC(CO)C(=O)O. The molecule has 9 nitrogen and oxygen atoms in total. The van der Waals surface area contributed by atoms with Gasteiger partial charge in [0.05, 0.1) is 13.2 Å². The van der Waals surface area contributed by atoms with E-state index in [1.807, 2.05) is 0 Å². The van der Waals surface area contributed by atoms with Crippen LogP contribution in [0.1, 0.15) is 187 Å². The van der Waals surface area contributed by atoms with E-state index in [2.05, 4.69) is 60.9 Å². The van der Waals surface area contributed by atoms with E-state index in [1.165, 1.54) is 77.0 Å².